The summed E-state index contributed by atoms with van der Waals surface area (Å²) >= 11 is 0. The van der Waals surface area contributed by atoms with E-state index < -0.39 is 5.97 Å². The van der Waals surface area contributed by atoms with Crippen LogP contribution in [0.15, 0.2) is 18.2 Å². The first-order chi connectivity index (χ1) is 9.43. The number of carbonyl (C=O) groups is 3. The Morgan fingerprint density at radius 3 is 2.55 bits per heavy atom. The average molecular weight is 278 g/mol. The molecule has 106 valence electrons. The summed E-state index contributed by atoms with van der Waals surface area (Å²) in [4.78, 5) is 37.3. The third kappa shape index (κ3) is 2.42. The largest absolute Gasteiger partial charge is 0.495 e. The zero-order chi connectivity index (χ0) is 14.9. The molecule has 2 amide bonds. The van der Waals surface area contributed by atoms with E-state index in [4.69, 9.17) is 9.84 Å². The van der Waals surface area contributed by atoms with Gasteiger partial charge in [-0.3, -0.25) is 14.5 Å². The summed E-state index contributed by atoms with van der Waals surface area (Å²) in [5.74, 6) is -1.27. The molecular weight excluding hydrogens is 264 g/mol. The van der Waals surface area contributed by atoms with Crippen LogP contribution in [0.4, 0.5) is 5.69 Å². The molecule has 1 aromatic carbocycles. The molecule has 7 nitrogen and oxygen atoms in total. The molecule has 2 rings (SSSR count). The molecule has 1 N–H and O–H groups in total. The van der Waals surface area contributed by atoms with Crippen LogP contribution in [0.1, 0.15) is 10.4 Å². The van der Waals surface area contributed by atoms with Gasteiger partial charge < -0.3 is 14.7 Å². The number of aromatic carboxylic acids is 1. The van der Waals surface area contributed by atoms with Gasteiger partial charge in [0.15, 0.2) is 0 Å². The molecule has 7 heteroatoms. The van der Waals surface area contributed by atoms with E-state index in [1.807, 2.05) is 0 Å². The van der Waals surface area contributed by atoms with Gasteiger partial charge in [0, 0.05) is 7.05 Å². The van der Waals surface area contributed by atoms with Gasteiger partial charge in [-0.1, -0.05) is 0 Å². The van der Waals surface area contributed by atoms with Gasteiger partial charge >= 0.3 is 5.97 Å². The van der Waals surface area contributed by atoms with Crippen LogP contribution in [0, 0.1) is 0 Å². The molecule has 0 aromatic heterocycles. The predicted molar refractivity (Wildman–Crippen MR) is 69.9 cm³/mol. The smallest absolute Gasteiger partial charge is 0.335 e. The van der Waals surface area contributed by atoms with E-state index in [0.29, 0.717) is 5.69 Å². The molecule has 0 atom stereocenters. The topological polar surface area (TPSA) is 87.2 Å². The number of hydrogen-bond acceptors (Lipinski definition) is 4. The molecule has 1 heterocycles. The number of carboxylic acids is 1. The standard InChI is InChI=1S/C13H14N2O5/c1-14-6-12(17)15(7-11(14)16)9-4-3-8(13(18)19)5-10(9)20-2/h3-5H,6-7H2,1-2H3,(H,18,19). The van der Waals surface area contributed by atoms with Crippen molar-refractivity contribution < 1.29 is 24.2 Å². The number of methoxy groups -OCH3 is 1. The van der Waals surface area contributed by atoms with E-state index in [2.05, 4.69) is 0 Å². The Balaban J connectivity index is 2.39. The van der Waals surface area contributed by atoms with Crippen molar-refractivity contribution in [2.24, 2.45) is 0 Å². The molecule has 0 unspecified atom stereocenters. The van der Waals surface area contributed by atoms with E-state index >= 15 is 0 Å². The second-order valence-electron chi connectivity index (χ2n) is 4.42. The molecule has 1 fully saturated rings. The third-order valence-corrected chi connectivity index (χ3v) is 3.11. The van der Waals surface area contributed by atoms with Crippen molar-refractivity contribution in [2.45, 2.75) is 0 Å². The molecule has 1 aromatic rings. The lowest BCUT2D eigenvalue weighted by Crippen LogP contribution is -2.52. The molecule has 1 saturated heterocycles. The summed E-state index contributed by atoms with van der Waals surface area (Å²) in [7, 11) is 2.94. The van der Waals surface area contributed by atoms with Gasteiger partial charge in [0.1, 0.15) is 12.3 Å². The third-order valence-electron chi connectivity index (χ3n) is 3.11. The zero-order valence-electron chi connectivity index (χ0n) is 11.1. The van der Waals surface area contributed by atoms with Gasteiger partial charge in [0.2, 0.25) is 11.8 Å². The number of carboxylic acid groups (broad SMARTS) is 1. The quantitative estimate of drug-likeness (QED) is 0.853. The minimum Gasteiger partial charge on any atom is -0.495 e. The summed E-state index contributed by atoms with van der Waals surface area (Å²) in [5.41, 5.74) is 0.447. The molecule has 0 aliphatic carbocycles. The van der Waals surface area contributed by atoms with Crippen LogP contribution in [0.2, 0.25) is 0 Å². The van der Waals surface area contributed by atoms with Gasteiger partial charge in [0.05, 0.1) is 24.9 Å². The van der Waals surface area contributed by atoms with Crippen LogP contribution in [0.3, 0.4) is 0 Å². The van der Waals surface area contributed by atoms with Gasteiger partial charge in [-0.05, 0) is 18.2 Å². The SMILES string of the molecule is COc1cc(C(=O)O)ccc1N1CC(=O)N(C)CC1=O. The molecule has 0 spiro atoms. The number of nitrogens with zero attached hydrogens (tertiary/aromatic N) is 2. The second-order valence-corrected chi connectivity index (χ2v) is 4.42. The lowest BCUT2D eigenvalue weighted by molar-refractivity contribution is -0.136. The normalized spacial score (nSPS) is 15.5. The highest BCUT2D eigenvalue weighted by atomic mass is 16.5. The lowest BCUT2D eigenvalue weighted by Gasteiger charge is -2.32. The molecule has 20 heavy (non-hydrogen) atoms. The summed E-state index contributed by atoms with van der Waals surface area (Å²) < 4.78 is 5.12. The molecule has 0 bridgehead atoms. The highest BCUT2D eigenvalue weighted by Gasteiger charge is 2.30. The predicted octanol–water partition coefficient (Wildman–Crippen LogP) is 0.198. The van der Waals surface area contributed by atoms with Gasteiger partial charge in [-0.25, -0.2) is 4.79 Å². The minimum atomic E-state index is -1.09. The molecular formula is C13H14N2O5. The number of likely N-dealkylation sites (N-methyl/N-ethyl adjacent to an activating group) is 1. The lowest BCUT2D eigenvalue weighted by atomic mass is 10.1. The Kier molecular flexibility index (Phi) is 3.60. The average Bonchev–Trinajstić information content (AvgIpc) is 2.42. The molecule has 1 aliphatic rings. The number of amides is 2. The Hall–Kier alpha value is -2.57. The van der Waals surface area contributed by atoms with Crippen LogP contribution in [-0.2, 0) is 9.59 Å². The molecule has 0 radical (unpaired) electrons. The fourth-order valence-corrected chi connectivity index (χ4v) is 1.97. The van der Waals surface area contributed by atoms with Crippen LogP contribution in [0.5, 0.6) is 5.75 Å². The fraction of sp³-hybridized carbons (Fsp3) is 0.308. The van der Waals surface area contributed by atoms with Gasteiger partial charge in [0.25, 0.3) is 0 Å². The second kappa shape index (κ2) is 5.20. The van der Waals surface area contributed by atoms with Crippen LogP contribution >= 0.6 is 0 Å². The first-order valence-electron chi connectivity index (χ1n) is 5.89. The van der Waals surface area contributed by atoms with Crippen molar-refractivity contribution in [3.05, 3.63) is 23.8 Å². The van der Waals surface area contributed by atoms with Gasteiger partial charge in [-0.2, -0.15) is 0 Å². The maximum Gasteiger partial charge on any atom is 0.335 e. The number of ether oxygens (including phenoxy) is 1. The molecule has 0 saturated carbocycles. The van der Waals surface area contributed by atoms with Crippen LogP contribution in [-0.4, -0.2) is 55.0 Å². The number of piperazine rings is 1. The maximum atomic E-state index is 12.0. The summed E-state index contributed by atoms with van der Waals surface area (Å²) in [6.45, 7) is -0.0964. The van der Waals surface area contributed by atoms with Gasteiger partial charge in [-0.15, -0.1) is 0 Å². The summed E-state index contributed by atoms with van der Waals surface area (Å²) in [6.07, 6.45) is 0. The highest BCUT2D eigenvalue weighted by Crippen LogP contribution is 2.30. The Morgan fingerprint density at radius 1 is 1.25 bits per heavy atom. The monoisotopic (exact) mass is 278 g/mol. The van der Waals surface area contributed by atoms with Crippen LogP contribution < -0.4 is 9.64 Å². The summed E-state index contributed by atoms with van der Waals surface area (Å²) in [6, 6.07) is 4.17. The van der Waals surface area contributed by atoms with E-state index in [0.717, 1.165) is 0 Å². The number of carbonyl (C=O) groups excluding carboxylic acids is 2. The Morgan fingerprint density at radius 2 is 1.95 bits per heavy atom. The Labute approximate surface area is 115 Å². The number of anilines is 1. The number of rotatable bonds is 3. The van der Waals surface area contributed by atoms with Crippen LogP contribution in [0.25, 0.3) is 0 Å². The van der Waals surface area contributed by atoms with Crippen molar-refractivity contribution in [1.82, 2.24) is 4.90 Å². The van der Waals surface area contributed by atoms with Crippen molar-refractivity contribution in [1.29, 1.82) is 0 Å². The fourth-order valence-electron chi connectivity index (χ4n) is 1.97. The Bertz CT molecular complexity index is 584. The maximum absolute atomic E-state index is 12.0. The zero-order valence-corrected chi connectivity index (χ0v) is 11.1. The van der Waals surface area contributed by atoms with E-state index in [9.17, 15) is 14.4 Å². The van der Waals surface area contributed by atoms with Crippen molar-refractivity contribution in [3.63, 3.8) is 0 Å². The van der Waals surface area contributed by atoms with E-state index in [1.54, 1.807) is 7.05 Å². The first-order valence-corrected chi connectivity index (χ1v) is 5.89. The van der Waals surface area contributed by atoms with Crippen molar-refractivity contribution in [2.75, 3.05) is 32.1 Å². The highest BCUT2D eigenvalue weighted by molar-refractivity contribution is 6.05. The van der Waals surface area contributed by atoms with E-state index in [-0.39, 0.29) is 36.2 Å². The van der Waals surface area contributed by atoms with Crippen molar-refractivity contribution >= 4 is 23.5 Å². The summed E-state index contributed by atoms with van der Waals surface area (Å²) in [5, 5.41) is 8.94. The molecule has 1 aliphatic heterocycles. The van der Waals surface area contributed by atoms with Crippen molar-refractivity contribution in [3.8, 4) is 5.75 Å². The number of benzene rings is 1. The number of hydrogen-bond donors (Lipinski definition) is 1. The van der Waals surface area contributed by atoms with E-state index in [1.165, 1.54) is 35.1 Å². The minimum absolute atomic E-state index is 0.0112. The first kappa shape index (κ1) is 13.9.